The van der Waals surface area contributed by atoms with Gasteiger partial charge in [0.2, 0.25) is 0 Å². The molecule has 4 heteroatoms. The van der Waals surface area contributed by atoms with Gasteiger partial charge in [-0.05, 0) is 26.3 Å². The third-order valence-electron chi connectivity index (χ3n) is 1.76. The van der Waals surface area contributed by atoms with E-state index in [0.717, 1.165) is 19.3 Å². The first-order valence-corrected chi connectivity index (χ1v) is 4.82. The molecule has 0 aromatic rings. The highest BCUT2D eigenvalue weighted by atomic mass is 16.5. The topological polar surface area (TPSA) is 78.3 Å². The molecule has 4 nitrogen and oxygen atoms in total. The predicted octanol–water partition coefficient (Wildman–Crippen LogP) is 0.396. The molecule has 13 heavy (non-hydrogen) atoms. The summed E-state index contributed by atoms with van der Waals surface area (Å²) in [6.07, 6.45) is 3.11. The summed E-state index contributed by atoms with van der Waals surface area (Å²) in [4.78, 5) is 11.0. The summed E-state index contributed by atoms with van der Waals surface area (Å²) in [5, 5.41) is 0. The lowest BCUT2D eigenvalue weighted by atomic mass is 10.1. The van der Waals surface area contributed by atoms with E-state index < -0.39 is 0 Å². The van der Waals surface area contributed by atoms with Crippen LogP contribution in [0, 0.1) is 0 Å². The third-order valence-corrected chi connectivity index (χ3v) is 1.76. The Morgan fingerprint density at radius 3 is 2.69 bits per heavy atom. The fourth-order valence-corrected chi connectivity index (χ4v) is 1.09. The van der Waals surface area contributed by atoms with Gasteiger partial charge in [0.1, 0.15) is 0 Å². The summed E-state index contributed by atoms with van der Waals surface area (Å²) in [6.45, 7) is 2.90. The molecule has 0 fully saturated rings. The molecule has 0 saturated carbocycles. The molecule has 0 aromatic carbocycles. The molecule has 0 aromatic heterocycles. The second-order valence-corrected chi connectivity index (χ2v) is 3.05. The van der Waals surface area contributed by atoms with Gasteiger partial charge in [-0.15, -0.1) is 0 Å². The van der Waals surface area contributed by atoms with Gasteiger partial charge >= 0.3 is 5.97 Å². The molecule has 0 aliphatic heterocycles. The van der Waals surface area contributed by atoms with Gasteiger partial charge < -0.3 is 16.2 Å². The van der Waals surface area contributed by atoms with Crippen LogP contribution >= 0.6 is 0 Å². The Morgan fingerprint density at radius 2 is 2.15 bits per heavy atom. The second-order valence-electron chi connectivity index (χ2n) is 3.05. The van der Waals surface area contributed by atoms with E-state index in [2.05, 4.69) is 0 Å². The zero-order chi connectivity index (χ0) is 10.1. The number of unbranched alkanes of at least 4 members (excludes halogenated alkanes) is 1. The van der Waals surface area contributed by atoms with Gasteiger partial charge in [-0.1, -0.05) is 6.42 Å². The van der Waals surface area contributed by atoms with Crippen molar-refractivity contribution in [2.45, 2.75) is 38.6 Å². The fourth-order valence-electron chi connectivity index (χ4n) is 1.09. The number of hydrogen-bond donors (Lipinski definition) is 2. The minimum absolute atomic E-state index is 0.0781. The van der Waals surface area contributed by atoms with Gasteiger partial charge in [0.25, 0.3) is 0 Å². The average molecular weight is 188 g/mol. The lowest BCUT2D eigenvalue weighted by Crippen LogP contribution is -2.25. The molecule has 0 aliphatic carbocycles. The van der Waals surface area contributed by atoms with Crippen molar-refractivity contribution in [3.8, 4) is 0 Å². The molecule has 0 aliphatic rings. The molecule has 0 radical (unpaired) electrons. The smallest absolute Gasteiger partial charge is 0.307 e. The molecule has 0 heterocycles. The Bertz CT molecular complexity index is 140. The van der Waals surface area contributed by atoms with Gasteiger partial charge in [0, 0.05) is 6.04 Å². The SMILES string of the molecule is CCOC(=O)CC(N)CCCCN. The Labute approximate surface area is 79.6 Å². The van der Waals surface area contributed by atoms with Gasteiger partial charge in [-0.25, -0.2) is 0 Å². The Morgan fingerprint density at radius 1 is 1.46 bits per heavy atom. The van der Waals surface area contributed by atoms with E-state index >= 15 is 0 Å². The van der Waals surface area contributed by atoms with E-state index in [9.17, 15) is 4.79 Å². The van der Waals surface area contributed by atoms with Crippen molar-refractivity contribution >= 4 is 5.97 Å². The predicted molar refractivity (Wildman–Crippen MR) is 52.1 cm³/mol. The lowest BCUT2D eigenvalue weighted by molar-refractivity contribution is -0.143. The monoisotopic (exact) mass is 188 g/mol. The quantitative estimate of drug-likeness (QED) is 0.447. The summed E-state index contributed by atoms with van der Waals surface area (Å²) >= 11 is 0. The van der Waals surface area contributed by atoms with Crippen LogP contribution in [0.3, 0.4) is 0 Å². The highest BCUT2D eigenvalue weighted by Gasteiger charge is 2.09. The molecule has 1 unspecified atom stereocenters. The van der Waals surface area contributed by atoms with E-state index in [1.165, 1.54) is 0 Å². The standard InChI is InChI=1S/C9H20N2O2/c1-2-13-9(12)7-8(11)5-3-4-6-10/h8H,2-7,10-11H2,1H3. The number of carbonyl (C=O) groups is 1. The van der Waals surface area contributed by atoms with E-state index in [1.54, 1.807) is 6.92 Å². The molecule has 0 spiro atoms. The van der Waals surface area contributed by atoms with Gasteiger partial charge in [-0.3, -0.25) is 4.79 Å². The van der Waals surface area contributed by atoms with Crippen LogP contribution in [0.15, 0.2) is 0 Å². The minimum Gasteiger partial charge on any atom is -0.466 e. The molecule has 0 amide bonds. The first kappa shape index (κ1) is 12.4. The Balaban J connectivity index is 3.38. The molecule has 4 N–H and O–H groups in total. The average Bonchev–Trinajstić information content (AvgIpc) is 2.05. The van der Waals surface area contributed by atoms with E-state index in [1.807, 2.05) is 0 Å². The summed E-state index contributed by atoms with van der Waals surface area (Å²) in [5.41, 5.74) is 11.0. The van der Waals surface area contributed by atoms with Crippen molar-refractivity contribution in [1.82, 2.24) is 0 Å². The van der Waals surface area contributed by atoms with Crippen molar-refractivity contribution in [2.75, 3.05) is 13.2 Å². The highest BCUT2D eigenvalue weighted by Crippen LogP contribution is 2.02. The molecular weight excluding hydrogens is 168 g/mol. The maximum Gasteiger partial charge on any atom is 0.307 e. The zero-order valence-electron chi connectivity index (χ0n) is 8.29. The first-order valence-electron chi connectivity index (χ1n) is 4.82. The normalized spacial score (nSPS) is 12.5. The van der Waals surface area contributed by atoms with Crippen LogP contribution in [0.4, 0.5) is 0 Å². The second kappa shape index (κ2) is 8.01. The third kappa shape index (κ3) is 7.74. The van der Waals surface area contributed by atoms with Crippen molar-refractivity contribution < 1.29 is 9.53 Å². The van der Waals surface area contributed by atoms with Gasteiger partial charge in [0.15, 0.2) is 0 Å². The van der Waals surface area contributed by atoms with Crippen molar-refractivity contribution in [3.63, 3.8) is 0 Å². The Hall–Kier alpha value is -0.610. The highest BCUT2D eigenvalue weighted by molar-refractivity contribution is 5.70. The molecule has 1 atom stereocenters. The maximum absolute atomic E-state index is 11.0. The van der Waals surface area contributed by atoms with Crippen LogP contribution in [-0.2, 0) is 9.53 Å². The van der Waals surface area contributed by atoms with Crippen molar-refractivity contribution in [3.05, 3.63) is 0 Å². The van der Waals surface area contributed by atoms with E-state index in [0.29, 0.717) is 19.6 Å². The minimum atomic E-state index is -0.206. The zero-order valence-corrected chi connectivity index (χ0v) is 8.29. The summed E-state index contributed by atoms with van der Waals surface area (Å²) < 4.78 is 4.78. The van der Waals surface area contributed by atoms with E-state index in [-0.39, 0.29) is 12.0 Å². The van der Waals surface area contributed by atoms with Gasteiger partial charge in [-0.2, -0.15) is 0 Å². The molecule has 0 bridgehead atoms. The summed E-state index contributed by atoms with van der Waals surface area (Å²) in [7, 11) is 0. The van der Waals surface area contributed by atoms with Crippen LogP contribution in [0.2, 0.25) is 0 Å². The number of rotatable bonds is 7. The largest absolute Gasteiger partial charge is 0.466 e. The number of hydrogen-bond acceptors (Lipinski definition) is 4. The van der Waals surface area contributed by atoms with Gasteiger partial charge in [0.05, 0.1) is 13.0 Å². The summed E-state index contributed by atoms with van der Waals surface area (Å²) in [6, 6.07) is -0.0781. The first-order chi connectivity index (χ1) is 6.20. The molecule has 78 valence electrons. The Kier molecular flexibility index (Phi) is 7.63. The number of carbonyl (C=O) groups excluding carboxylic acids is 1. The maximum atomic E-state index is 11.0. The molecular formula is C9H20N2O2. The van der Waals surface area contributed by atoms with E-state index in [4.69, 9.17) is 16.2 Å². The lowest BCUT2D eigenvalue weighted by Gasteiger charge is -2.09. The van der Waals surface area contributed by atoms with Crippen molar-refractivity contribution in [1.29, 1.82) is 0 Å². The summed E-state index contributed by atoms with van der Waals surface area (Å²) in [5.74, 6) is -0.206. The number of ether oxygens (including phenoxy) is 1. The van der Waals surface area contributed by atoms with Crippen LogP contribution < -0.4 is 11.5 Å². The van der Waals surface area contributed by atoms with Crippen LogP contribution in [0.5, 0.6) is 0 Å². The number of nitrogens with two attached hydrogens (primary N) is 2. The van der Waals surface area contributed by atoms with Crippen LogP contribution in [0.25, 0.3) is 0 Å². The van der Waals surface area contributed by atoms with Crippen LogP contribution in [0.1, 0.15) is 32.6 Å². The van der Waals surface area contributed by atoms with Crippen molar-refractivity contribution in [2.24, 2.45) is 11.5 Å². The molecule has 0 rings (SSSR count). The van der Waals surface area contributed by atoms with Crippen LogP contribution in [-0.4, -0.2) is 25.2 Å². The number of esters is 1. The molecule has 0 saturated heterocycles. The fraction of sp³-hybridized carbons (Fsp3) is 0.889.